The van der Waals surface area contributed by atoms with Gasteiger partial charge in [-0.3, -0.25) is 4.98 Å². The molecular weight excluding hydrogens is 328 g/mol. The van der Waals surface area contributed by atoms with Gasteiger partial charge in [0, 0.05) is 19.3 Å². The molecule has 0 N–H and O–H groups in total. The van der Waals surface area contributed by atoms with E-state index in [0.717, 1.165) is 0 Å². The van der Waals surface area contributed by atoms with E-state index in [2.05, 4.69) is 15.1 Å². The molecule has 0 aliphatic carbocycles. The van der Waals surface area contributed by atoms with Crippen LogP contribution in [0.2, 0.25) is 0 Å². The smallest absolute Gasteiger partial charge is 0.243 e. The molecule has 0 spiro atoms. The molecule has 0 bridgehead atoms. The predicted molar refractivity (Wildman–Crippen MR) is 85.5 cm³/mol. The van der Waals surface area contributed by atoms with Gasteiger partial charge >= 0.3 is 0 Å². The lowest BCUT2D eigenvalue weighted by molar-refractivity contribution is 0.217. The van der Waals surface area contributed by atoms with Gasteiger partial charge in [0.15, 0.2) is 0 Å². The van der Waals surface area contributed by atoms with E-state index in [1.807, 2.05) is 12.1 Å². The quantitative estimate of drug-likeness (QED) is 0.720. The molecule has 1 aliphatic heterocycles. The molecule has 3 heterocycles. The molecule has 122 valence electrons. The average Bonchev–Trinajstić information content (AvgIpc) is 3.04. The Hall–Kier alpha value is -2.58. The van der Waals surface area contributed by atoms with Crippen molar-refractivity contribution < 1.29 is 12.9 Å². The Kier molecular flexibility index (Phi) is 3.62. The molecule has 3 aromatic rings. The Labute approximate surface area is 139 Å². The van der Waals surface area contributed by atoms with E-state index >= 15 is 0 Å². The first-order chi connectivity index (χ1) is 11.6. The Morgan fingerprint density at radius 3 is 2.50 bits per heavy atom. The molecule has 8 heteroatoms. The molecule has 1 aromatic carbocycles. The number of rotatable bonds is 4. The van der Waals surface area contributed by atoms with Crippen molar-refractivity contribution >= 4 is 10.0 Å². The molecular formula is C16H14N4O3S. The fourth-order valence-corrected chi connectivity index (χ4v) is 4.08. The van der Waals surface area contributed by atoms with Crippen LogP contribution in [0.5, 0.6) is 0 Å². The van der Waals surface area contributed by atoms with Gasteiger partial charge in [-0.25, -0.2) is 8.42 Å². The molecule has 7 nitrogen and oxygen atoms in total. The average molecular weight is 342 g/mol. The maximum Gasteiger partial charge on any atom is 0.243 e. The van der Waals surface area contributed by atoms with E-state index in [-0.39, 0.29) is 5.92 Å². The van der Waals surface area contributed by atoms with Crippen molar-refractivity contribution in [2.75, 3.05) is 13.1 Å². The van der Waals surface area contributed by atoms with Crippen molar-refractivity contribution in [3.05, 3.63) is 60.6 Å². The van der Waals surface area contributed by atoms with E-state index < -0.39 is 10.0 Å². The van der Waals surface area contributed by atoms with E-state index in [9.17, 15) is 8.42 Å². The first kappa shape index (κ1) is 15.0. The first-order valence-electron chi connectivity index (χ1n) is 7.45. The lowest BCUT2D eigenvalue weighted by atomic mass is 10.0. The van der Waals surface area contributed by atoms with Gasteiger partial charge in [0.2, 0.25) is 21.7 Å². The number of pyridine rings is 1. The fraction of sp³-hybridized carbons (Fsp3) is 0.188. The van der Waals surface area contributed by atoms with Gasteiger partial charge in [0.1, 0.15) is 5.69 Å². The molecule has 4 rings (SSSR count). The van der Waals surface area contributed by atoms with Crippen LogP contribution in [-0.4, -0.2) is 40.9 Å². The van der Waals surface area contributed by atoms with Crippen LogP contribution in [0.25, 0.3) is 11.5 Å². The standard InChI is InChI=1S/C16H14N4O3S/c21-24(22,13-6-2-1-3-7-13)20-10-12(11-20)16-18-15(19-23-16)14-8-4-5-9-17-14/h1-9,12H,10-11H2. The van der Waals surface area contributed by atoms with Crippen LogP contribution in [0.3, 0.4) is 0 Å². The molecule has 0 radical (unpaired) electrons. The highest BCUT2D eigenvalue weighted by Crippen LogP contribution is 2.31. The van der Waals surface area contributed by atoms with Gasteiger partial charge in [-0.15, -0.1) is 0 Å². The topological polar surface area (TPSA) is 89.2 Å². The third kappa shape index (κ3) is 2.59. The molecule has 1 fully saturated rings. The second kappa shape index (κ2) is 5.81. The summed E-state index contributed by atoms with van der Waals surface area (Å²) in [4.78, 5) is 8.79. The van der Waals surface area contributed by atoms with Crippen LogP contribution in [0.4, 0.5) is 0 Å². The third-order valence-electron chi connectivity index (χ3n) is 3.91. The molecule has 0 amide bonds. The van der Waals surface area contributed by atoms with Gasteiger partial charge in [-0.1, -0.05) is 29.4 Å². The van der Waals surface area contributed by atoms with Crippen LogP contribution < -0.4 is 0 Å². The summed E-state index contributed by atoms with van der Waals surface area (Å²) in [5.74, 6) is 0.763. The highest BCUT2D eigenvalue weighted by atomic mass is 32.2. The minimum absolute atomic E-state index is 0.0894. The molecule has 2 aromatic heterocycles. The zero-order valence-electron chi connectivity index (χ0n) is 12.6. The normalized spacial score (nSPS) is 16.0. The van der Waals surface area contributed by atoms with E-state index in [4.69, 9.17) is 4.52 Å². The lowest BCUT2D eigenvalue weighted by Crippen LogP contribution is -2.48. The molecule has 0 saturated carbocycles. The van der Waals surface area contributed by atoms with Crippen LogP contribution in [0.1, 0.15) is 11.8 Å². The first-order valence-corrected chi connectivity index (χ1v) is 8.89. The van der Waals surface area contributed by atoms with Crippen molar-refractivity contribution in [1.29, 1.82) is 0 Å². The fourth-order valence-electron chi connectivity index (χ4n) is 2.53. The monoisotopic (exact) mass is 342 g/mol. The van der Waals surface area contributed by atoms with E-state index in [1.54, 1.807) is 42.6 Å². The summed E-state index contributed by atoms with van der Waals surface area (Å²) >= 11 is 0. The molecule has 24 heavy (non-hydrogen) atoms. The summed E-state index contributed by atoms with van der Waals surface area (Å²) in [7, 11) is -3.46. The maximum atomic E-state index is 12.5. The number of hydrogen-bond acceptors (Lipinski definition) is 6. The Balaban J connectivity index is 1.48. The van der Waals surface area contributed by atoms with Gasteiger partial charge in [0.05, 0.1) is 10.8 Å². The SMILES string of the molecule is O=S(=O)(c1ccccc1)N1CC(c2nc(-c3ccccn3)no2)C1. The largest absolute Gasteiger partial charge is 0.339 e. The summed E-state index contributed by atoms with van der Waals surface area (Å²) in [6.45, 7) is 0.669. The molecule has 1 aliphatic rings. The number of nitrogens with zero attached hydrogens (tertiary/aromatic N) is 4. The van der Waals surface area contributed by atoms with Crippen molar-refractivity contribution in [3.8, 4) is 11.5 Å². The van der Waals surface area contributed by atoms with Crippen molar-refractivity contribution in [2.45, 2.75) is 10.8 Å². The van der Waals surface area contributed by atoms with E-state index in [0.29, 0.717) is 35.4 Å². The van der Waals surface area contributed by atoms with Crippen LogP contribution in [-0.2, 0) is 10.0 Å². The number of hydrogen-bond donors (Lipinski definition) is 0. The van der Waals surface area contributed by atoms with E-state index in [1.165, 1.54) is 4.31 Å². The van der Waals surface area contributed by atoms with Crippen LogP contribution in [0, 0.1) is 0 Å². The summed E-state index contributed by atoms with van der Waals surface area (Å²) in [5, 5.41) is 3.92. The number of benzene rings is 1. The highest BCUT2D eigenvalue weighted by molar-refractivity contribution is 7.89. The minimum Gasteiger partial charge on any atom is -0.339 e. The van der Waals surface area contributed by atoms with Crippen LogP contribution >= 0.6 is 0 Å². The van der Waals surface area contributed by atoms with Gasteiger partial charge in [0.25, 0.3) is 0 Å². The number of aromatic nitrogens is 3. The molecule has 0 unspecified atom stereocenters. The van der Waals surface area contributed by atoms with Gasteiger partial charge in [-0.05, 0) is 24.3 Å². The maximum absolute atomic E-state index is 12.5. The summed E-state index contributed by atoms with van der Waals surface area (Å²) in [6, 6.07) is 13.8. The van der Waals surface area contributed by atoms with Gasteiger partial charge in [-0.2, -0.15) is 9.29 Å². The highest BCUT2D eigenvalue weighted by Gasteiger charge is 2.40. The van der Waals surface area contributed by atoms with Crippen molar-refractivity contribution in [2.24, 2.45) is 0 Å². The zero-order chi connectivity index (χ0) is 16.6. The minimum atomic E-state index is -3.46. The lowest BCUT2D eigenvalue weighted by Gasteiger charge is -2.35. The Bertz CT molecular complexity index is 936. The number of sulfonamides is 1. The zero-order valence-corrected chi connectivity index (χ0v) is 13.4. The van der Waals surface area contributed by atoms with Crippen molar-refractivity contribution in [1.82, 2.24) is 19.4 Å². The summed E-state index contributed by atoms with van der Waals surface area (Å²) in [5.41, 5.74) is 0.626. The summed E-state index contributed by atoms with van der Waals surface area (Å²) in [6.07, 6.45) is 1.66. The third-order valence-corrected chi connectivity index (χ3v) is 5.76. The Morgan fingerprint density at radius 2 is 1.79 bits per heavy atom. The Morgan fingerprint density at radius 1 is 1.04 bits per heavy atom. The second-order valence-corrected chi connectivity index (χ2v) is 7.44. The van der Waals surface area contributed by atoms with Crippen LogP contribution in [0.15, 0.2) is 64.1 Å². The molecule has 1 saturated heterocycles. The van der Waals surface area contributed by atoms with Crippen molar-refractivity contribution in [3.63, 3.8) is 0 Å². The second-order valence-electron chi connectivity index (χ2n) is 5.50. The predicted octanol–water partition coefficient (Wildman–Crippen LogP) is 1.92. The summed E-state index contributed by atoms with van der Waals surface area (Å²) < 4.78 is 31.6. The molecule has 0 atom stereocenters. The van der Waals surface area contributed by atoms with Gasteiger partial charge < -0.3 is 4.52 Å².